The van der Waals surface area contributed by atoms with Crippen LogP contribution in [0.2, 0.25) is 0 Å². The molecule has 0 saturated heterocycles. The van der Waals surface area contributed by atoms with E-state index >= 15 is 0 Å². The number of nitro groups is 1. The van der Waals surface area contributed by atoms with E-state index in [0.717, 1.165) is 0 Å². The third-order valence-corrected chi connectivity index (χ3v) is 2.06. The quantitative estimate of drug-likeness (QED) is 0.376. The van der Waals surface area contributed by atoms with Crippen molar-refractivity contribution in [1.29, 1.82) is 0 Å². The van der Waals surface area contributed by atoms with Gasteiger partial charge in [-0.05, 0) is 19.4 Å². The summed E-state index contributed by atoms with van der Waals surface area (Å²) in [6.45, 7) is 3.09. The monoisotopic (exact) mass is 240 g/mol. The Morgan fingerprint density at radius 1 is 1.47 bits per heavy atom. The van der Waals surface area contributed by atoms with Crippen LogP contribution < -0.4 is 10.6 Å². The fourth-order valence-electron chi connectivity index (χ4n) is 1.29. The largest absolute Gasteiger partial charge is 0.396 e. The maximum absolute atomic E-state index is 10.8. The van der Waals surface area contributed by atoms with Crippen LogP contribution in [0.15, 0.2) is 12.1 Å². The summed E-state index contributed by atoms with van der Waals surface area (Å²) in [5.74, 6) is 0.812. The molecule has 0 saturated carbocycles. The first-order valence-corrected chi connectivity index (χ1v) is 5.43. The third kappa shape index (κ3) is 3.87. The summed E-state index contributed by atoms with van der Waals surface area (Å²) in [6.07, 6.45) is 0.518. The molecule has 0 aliphatic carbocycles. The summed E-state index contributed by atoms with van der Waals surface area (Å²) in [5, 5.41) is 25.3. The summed E-state index contributed by atoms with van der Waals surface area (Å²) in [7, 11) is 0. The number of aliphatic hydroxyl groups is 1. The smallest absolute Gasteiger partial charge is 0.311 e. The fourth-order valence-corrected chi connectivity index (χ4v) is 1.29. The molecule has 1 aromatic heterocycles. The molecule has 0 aliphatic rings. The van der Waals surface area contributed by atoms with Gasteiger partial charge in [-0.3, -0.25) is 10.1 Å². The van der Waals surface area contributed by atoms with Gasteiger partial charge in [0.15, 0.2) is 0 Å². The Balaban J connectivity index is 2.86. The number of anilines is 2. The van der Waals surface area contributed by atoms with Gasteiger partial charge in [-0.1, -0.05) is 0 Å². The number of hydrogen-bond acceptors (Lipinski definition) is 6. The number of rotatable bonds is 7. The van der Waals surface area contributed by atoms with Gasteiger partial charge in [-0.2, -0.15) is 0 Å². The molecule has 1 heterocycles. The number of nitrogens with one attached hydrogen (secondary N) is 2. The van der Waals surface area contributed by atoms with Crippen molar-refractivity contribution in [3.63, 3.8) is 0 Å². The molecule has 1 rings (SSSR count). The number of nitrogens with zero attached hydrogens (tertiary/aromatic N) is 2. The van der Waals surface area contributed by atoms with E-state index in [9.17, 15) is 10.1 Å². The summed E-state index contributed by atoms with van der Waals surface area (Å²) in [6, 6.07) is 2.98. The van der Waals surface area contributed by atoms with Crippen molar-refractivity contribution in [3.05, 3.63) is 22.2 Å². The van der Waals surface area contributed by atoms with Crippen molar-refractivity contribution in [2.45, 2.75) is 13.3 Å². The van der Waals surface area contributed by atoms with E-state index in [0.29, 0.717) is 25.3 Å². The Labute approximate surface area is 99.0 Å². The van der Waals surface area contributed by atoms with Crippen LogP contribution in [0.5, 0.6) is 0 Å². The zero-order valence-corrected chi connectivity index (χ0v) is 9.64. The van der Waals surface area contributed by atoms with E-state index in [2.05, 4.69) is 15.6 Å². The number of pyridine rings is 1. The van der Waals surface area contributed by atoms with Gasteiger partial charge < -0.3 is 15.7 Å². The van der Waals surface area contributed by atoms with Gasteiger partial charge in [-0.15, -0.1) is 0 Å². The van der Waals surface area contributed by atoms with Crippen LogP contribution in [0.1, 0.15) is 13.3 Å². The van der Waals surface area contributed by atoms with E-state index in [-0.39, 0.29) is 18.1 Å². The van der Waals surface area contributed by atoms with E-state index in [1.54, 1.807) is 6.07 Å². The summed E-state index contributed by atoms with van der Waals surface area (Å²) < 4.78 is 0. The van der Waals surface area contributed by atoms with Crippen molar-refractivity contribution in [2.24, 2.45) is 0 Å². The SMILES string of the molecule is CCNc1ccc([N+](=O)[O-])c(NCCCO)n1. The minimum atomic E-state index is -0.482. The fraction of sp³-hybridized carbons (Fsp3) is 0.500. The van der Waals surface area contributed by atoms with Crippen molar-refractivity contribution in [2.75, 3.05) is 30.3 Å². The average Bonchev–Trinajstić information content (AvgIpc) is 2.30. The normalized spacial score (nSPS) is 10.0. The zero-order valence-electron chi connectivity index (χ0n) is 9.64. The van der Waals surface area contributed by atoms with Crippen LogP contribution in [0.25, 0.3) is 0 Å². The van der Waals surface area contributed by atoms with Gasteiger partial charge in [0.25, 0.3) is 0 Å². The predicted octanol–water partition coefficient (Wildman–Crippen LogP) is 1.22. The molecule has 1 aromatic rings. The Hall–Kier alpha value is -1.89. The van der Waals surface area contributed by atoms with E-state index in [1.807, 2.05) is 6.92 Å². The molecule has 3 N–H and O–H groups in total. The molecule has 0 aliphatic heterocycles. The second-order valence-corrected chi connectivity index (χ2v) is 3.36. The topological polar surface area (TPSA) is 100 Å². The summed E-state index contributed by atoms with van der Waals surface area (Å²) >= 11 is 0. The van der Waals surface area contributed by atoms with Gasteiger partial charge in [0.05, 0.1) is 4.92 Å². The molecule has 7 nitrogen and oxygen atoms in total. The molecule has 0 aromatic carbocycles. The molecule has 0 amide bonds. The molecule has 0 bridgehead atoms. The zero-order chi connectivity index (χ0) is 12.7. The van der Waals surface area contributed by atoms with Gasteiger partial charge in [-0.25, -0.2) is 4.98 Å². The molecular weight excluding hydrogens is 224 g/mol. The minimum absolute atomic E-state index is 0.0354. The van der Waals surface area contributed by atoms with Gasteiger partial charge in [0, 0.05) is 25.8 Å². The minimum Gasteiger partial charge on any atom is -0.396 e. The maximum Gasteiger partial charge on any atom is 0.311 e. The number of aliphatic hydroxyl groups excluding tert-OH is 1. The molecule has 0 radical (unpaired) electrons. The Bertz CT molecular complexity index is 384. The molecular formula is C10H16N4O3. The summed E-state index contributed by atoms with van der Waals surface area (Å²) in [4.78, 5) is 14.4. The number of aromatic nitrogens is 1. The van der Waals surface area contributed by atoms with Gasteiger partial charge >= 0.3 is 5.69 Å². The first-order chi connectivity index (χ1) is 8.19. The Morgan fingerprint density at radius 3 is 2.82 bits per heavy atom. The first-order valence-electron chi connectivity index (χ1n) is 5.43. The van der Waals surface area contributed by atoms with Crippen molar-refractivity contribution in [1.82, 2.24) is 4.98 Å². The highest BCUT2D eigenvalue weighted by Gasteiger charge is 2.15. The lowest BCUT2D eigenvalue weighted by Gasteiger charge is -2.08. The van der Waals surface area contributed by atoms with Crippen LogP contribution in [-0.4, -0.2) is 34.7 Å². The van der Waals surface area contributed by atoms with Crippen molar-refractivity contribution < 1.29 is 10.0 Å². The molecule has 7 heteroatoms. The third-order valence-electron chi connectivity index (χ3n) is 2.06. The first kappa shape index (κ1) is 13.2. The average molecular weight is 240 g/mol. The molecule has 0 unspecified atom stereocenters. The standard InChI is InChI=1S/C10H16N4O3/c1-2-11-9-5-4-8(14(16)17)10(13-9)12-6-3-7-15/h4-5,15H,2-3,6-7H2,1H3,(H2,11,12,13). The second-order valence-electron chi connectivity index (χ2n) is 3.36. The lowest BCUT2D eigenvalue weighted by molar-refractivity contribution is -0.384. The molecule has 17 heavy (non-hydrogen) atoms. The van der Waals surface area contributed by atoms with E-state index in [1.165, 1.54) is 6.07 Å². The van der Waals surface area contributed by atoms with Crippen molar-refractivity contribution >= 4 is 17.3 Å². The maximum atomic E-state index is 10.8. The van der Waals surface area contributed by atoms with Crippen LogP contribution in [-0.2, 0) is 0 Å². The van der Waals surface area contributed by atoms with Gasteiger partial charge in [0.2, 0.25) is 5.82 Å². The molecule has 94 valence electrons. The van der Waals surface area contributed by atoms with E-state index < -0.39 is 4.92 Å². The second kappa shape index (κ2) is 6.64. The van der Waals surface area contributed by atoms with Crippen LogP contribution >= 0.6 is 0 Å². The highest BCUT2D eigenvalue weighted by molar-refractivity contribution is 5.60. The van der Waals surface area contributed by atoms with Crippen LogP contribution in [0.3, 0.4) is 0 Å². The molecule has 0 spiro atoms. The molecule has 0 atom stereocenters. The molecule has 0 fully saturated rings. The van der Waals surface area contributed by atoms with E-state index in [4.69, 9.17) is 5.11 Å². The summed E-state index contributed by atoms with van der Waals surface area (Å²) in [5.41, 5.74) is -0.0652. The number of hydrogen-bond donors (Lipinski definition) is 3. The Kier molecular flexibility index (Phi) is 5.15. The highest BCUT2D eigenvalue weighted by atomic mass is 16.6. The van der Waals surface area contributed by atoms with Gasteiger partial charge in [0.1, 0.15) is 5.82 Å². The predicted molar refractivity (Wildman–Crippen MR) is 65.2 cm³/mol. The van der Waals surface area contributed by atoms with Crippen LogP contribution in [0, 0.1) is 10.1 Å². The van der Waals surface area contributed by atoms with Crippen LogP contribution in [0.4, 0.5) is 17.3 Å². The Morgan fingerprint density at radius 2 is 2.24 bits per heavy atom. The van der Waals surface area contributed by atoms with Crippen molar-refractivity contribution in [3.8, 4) is 0 Å². The lowest BCUT2D eigenvalue weighted by Crippen LogP contribution is -2.09. The highest BCUT2D eigenvalue weighted by Crippen LogP contribution is 2.23. The lowest BCUT2D eigenvalue weighted by atomic mass is 10.3.